The average molecular weight is 521 g/mol. The maximum absolute atomic E-state index is 12.1. The van der Waals surface area contributed by atoms with Gasteiger partial charge in [-0.2, -0.15) is 0 Å². The minimum atomic E-state index is -0.00724. The number of piperazine rings is 1. The second kappa shape index (κ2) is 15.6. The monoisotopic (exact) mass is 519 g/mol. The largest absolute Gasteiger partial charge is 0.497 e. The Labute approximate surface area is 213 Å². The molecule has 178 valence electrons. The molecule has 1 N–H and O–H groups in total. The van der Waals surface area contributed by atoms with Gasteiger partial charge in [0.2, 0.25) is 0 Å². The molecule has 0 spiro atoms. The van der Waals surface area contributed by atoms with Crippen molar-refractivity contribution in [2.45, 2.75) is 12.8 Å². The van der Waals surface area contributed by atoms with Gasteiger partial charge in [0.1, 0.15) is 5.75 Å². The van der Waals surface area contributed by atoms with Crippen LogP contribution in [0, 0.1) is 0 Å². The van der Waals surface area contributed by atoms with E-state index < -0.39 is 0 Å². The molecule has 2 aromatic carbocycles. The molecule has 0 bridgehead atoms. The van der Waals surface area contributed by atoms with E-state index >= 15 is 0 Å². The van der Waals surface area contributed by atoms with Crippen LogP contribution < -0.4 is 10.1 Å². The number of nitrogens with one attached hydrogen (secondary N) is 1. The Morgan fingerprint density at radius 2 is 1.56 bits per heavy atom. The van der Waals surface area contributed by atoms with E-state index in [4.69, 9.17) is 16.3 Å². The van der Waals surface area contributed by atoms with Gasteiger partial charge in [0.25, 0.3) is 5.24 Å². The Kier molecular flexibility index (Phi) is 14.1. The molecule has 0 radical (unpaired) electrons. The van der Waals surface area contributed by atoms with Crippen LogP contribution in [-0.4, -0.2) is 67.2 Å². The molecule has 2 aromatic rings. The van der Waals surface area contributed by atoms with Crippen LogP contribution in [-0.2, 0) is 6.42 Å². The van der Waals surface area contributed by atoms with Gasteiger partial charge in [-0.05, 0) is 61.3 Å². The van der Waals surface area contributed by atoms with Gasteiger partial charge >= 0.3 is 0 Å². The van der Waals surface area contributed by atoms with Gasteiger partial charge in [-0.1, -0.05) is 35.5 Å². The Balaban J connectivity index is 0.00000256. The summed E-state index contributed by atoms with van der Waals surface area (Å²) < 4.78 is 5.13. The van der Waals surface area contributed by atoms with E-state index in [1.165, 1.54) is 17.3 Å². The number of thioether (sulfide) groups is 1. The molecule has 0 aromatic heterocycles. The van der Waals surface area contributed by atoms with Crippen molar-refractivity contribution in [3.05, 3.63) is 59.1 Å². The van der Waals surface area contributed by atoms with Crippen LogP contribution in [0.4, 0.5) is 10.5 Å². The zero-order chi connectivity index (χ0) is 21.2. The molecular weight excluding hydrogens is 489 g/mol. The van der Waals surface area contributed by atoms with Crippen molar-refractivity contribution in [3.8, 4) is 5.75 Å². The van der Waals surface area contributed by atoms with Gasteiger partial charge in [0.15, 0.2) is 0 Å². The summed E-state index contributed by atoms with van der Waals surface area (Å²) in [6, 6.07) is 15.5. The number of carbonyl (C=O) groups is 1. The number of rotatable bonds is 9. The zero-order valence-corrected chi connectivity index (χ0v) is 21.5. The first-order valence-corrected chi connectivity index (χ1v) is 11.8. The zero-order valence-electron chi connectivity index (χ0n) is 18.3. The molecule has 1 aliphatic rings. The fraction of sp³-hybridized carbons (Fsp3) is 0.435. The fourth-order valence-electron chi connectivity index (χ4n) is 3.46. The smallest absolute Gasteiger partial charge is 0.283 e. The summed E-state index contributed by atoms with van der Waals surface area (Å²) in [5.41, 5.74) is 2.13. The quantitative estimate of drug-likeness (QED) is 0.429. The van der Waals surface area contributed by atoms with Crippen molar-refractivity contribution in [1.82, 2.24) is 9.80 Å². The third-order valence-electron chi connectivity index (χ3n) is 5.28. The van der Waals surface area contributed by atoms with Gasteiger partial charge in [-0.15, -0.1) is 24.8 Å². The lowest BCUT2D eigenvalue weighted by atomic mass is 10.1. The highest BCUT2D eigenvalue weighted by molar-refractivity contribution is 8.13. The van der Waals surface area contributed by atoms with Crippen LogP contribution in [0.1, 0.15) is 12.0 Å². The molecule has 0 saturated carbocycles. The maximum Gasteiger partial charge on any atom is 0.283 e. The van der Waals surface area contributed by atoms with Gasteiger partial charge in [0, 0.05) is 49.2 Å². The molecule has 1 aliphatic heterocycles. The highest BCUT2D eigenvalue weighted by Crippen LogP contribution is 2.17. The molecule has 9 heteroatoms. The topological polar surface area (TPSA) is 44.8 Å². The predicted molar refractivity (Wildman–Crippen MR) is 142 cm³/mol. The van der Waals surface area contributed by atoms with E-state index in [0.717, 1.165) is 74.3 Å². The summed E-state index contributed by atoms with van der Waals surface area (Å²) in [6.45, 7) is 6.56. The number of nitrogens with zero attached hydrogens (tertiary/aromatic N) is 2. The maximum atomic E-state index is 12.1. The van der Waals surface area contributed by atoms with E-state index in [1.807, 2.05) is 36.4 Å². The molecule has 1 fully saturated rings. The van der Waals surface area contributed by atoms with Crippen molar-refractivity contribution < 1.29 is 9.53 Å². The first-order chi connectivity index (χ1) is 14.6. The third-order valence-corrected chi connectivity index (χ3v) is 6.39. The lowest BCUT2D eigenvalue weighted by molar-refractivity contribution is 0.134. The van der Waals surface area contributed by atoms with Gasteiger partial charge < -0.3 is 19.9 Å². The molecule has 0 atom stereocenters. The minimum absolute atomic E-state index is 0. The number of anilines is 1. The van der Waals surface area contributed by atoms with Crippen LogP contribution in [0.15, 0.2) is 48.5 Å². The molecule has 5 nitrogen and oxygen atoms in total. The molecule has 1 saturated heterocycles. The standard InChI is InChI=1S/C23H30ClN3O2S.2ClH/c1-29-22-9-7-21(8-10-22)25-23(28)30-18-2-12-26-14-16-27(17-15-26)13-11-19-3-5-20(24)6-4-19;;/h3-10H,2,11-18H2,1H3,(H,25,28);2*1H. The molecule has 3 rings (SSSR count). The van der Waals surface area contributed by atoms with Crippen molar-refractivity contribution in [2.24, 2.45) is 0 Å². The van der Waals surface area contributed by atoms with Gasteiger partial charge in [-0.25, -0.2) is 0 Å². The van der Waals surface area contributed by atoms with Crippen LogP contribution in [0.3, 0.4) is 0 Å². The molecular formula is C23H32Cl3N3O2S. The van der Waals surface area contributed by atoms with E-state index in [9.17, 15) is 4.79 Å². The van der Waals surface area contributed by atoms with E-state index in [2.05, 4.69) is 27.2 Å². The molecule has 32 heavy (non-hydrogen) atoms. The van der Waals surface area contributed by atoms with Crippen LogP contribution >= 0.6 is 48.2 Å². The summed E-state index contributed by atoms with van der Waals surface area (Å²) in [4.78, 5) is 17.1. The number of amides is 1. The number of methoxy groups -OCH3 is 1. The number of hydrogen-bond donors (Lipinski definition) is 1. The summed E-state index contributed by atoms with van der Waals surface area (Å²) in [7, 11) is 1.63. The van der Waals surface area contributed by atoms with Gasteiger partial charge in [-0.3, -0.25) is 4.79 Å². The third kappa shape index (κ3) is 10.2. The normalized spacial score (nSPS) is 14.2. The van der Waals surface area contributed by atoms with Crippen molar-refractivity contribution in [2.75, 3.05) is 57.4 Å². The van der Waals surface area contributed by atoms with Crippen molar-refractivity contribution >= 4 is 59.1 Å². The summed E-state index contributed by atoms with van der Waals surface area (Å²) in [5.74, 6) is 1.62. The van der Waals surface area contributed by atoms with E-state index in [1.54, 1.807) is 7.11 Å². The lowest BCUT2D eigenvalue weighted by Crippen LogP contribution is -2.47. The summed E-state index contributed by atoms with van der Waals surface area (Å²) >= 11 is 7.30. The first-order valence-electron chi connectivity index (χ1n) is 10.4. The number of hydrogen-bond acceptors (Lipinski definition) is 5. The van der Waals surface area contributed by atoms with Crippen LogP contribution in [0.25, 0.3) is 0 Å². The molecule has 0 unspecified atom stereocenters. The number of carbonyl (C=O) groups excluding carboxylic acids is 1. The SMILES string of the molecule is COc1ccc(NC(=O)SCCCN2CCN(CCc3ccc(Cl)cc3)CC2)cc1.Cl.Cl. The highest BCUT2D eigenvalue weighted by atomic mass is 35.5. The number of ether oxygens (including phenoxy) is 1. The van der Waals surface area contributed by atoms with E-state index in [-0.39, 0.29) is 30.1 Å². The average Bonchev–Trinajstić information content (AvgIpc) is 2.78. The Bertz CT molecular complexity index is 786. The Hall–Kier alpha value is -1.15. The minimum Gasteiger partial charge on any atom is -0.497 e. The predicted octanol–water partition coefficient (Wildman–Crippen LogP) is 5.71. The van der Waals surface area contributed by atoms with Crippen LogP contribution in [0.5, 0.6) is 5.75 Å². The van der Waals surface area contributed by atoms with Crippen molar-refractivity contribution in [3.63, 3.8) is 0 Å². The Morgan fingerprint density at radius 1 is 0.969 bits per heavy atom. The Morgan fingerprint density at radius 3 is 2.16 bits per heavy atom. The fourth-order valence-corrected chi connectivity index (χ4v) is 4.23. The number of benzene rings is 2. The summed E-state index contributed by atoms with van der Waals surface area (Å²) in [5, 5.41) is 3.70. The van der Waals surface area contributed by atoms with E-state index in [0.29, 0.717) is 0 Å². The second-order valence-corrected chi connectivity index (χ2v) is 8.91. The van der Waals surface area contributed by atoms with Crippen LogP contribution in [0.2, 0.25) is 5.02 Å². The van der Waals surface area contributed by atoms with Crippen molar-refractivity contribution in [1.29, 1.82) is 0 Å². The molecule has 1 heterocycles. The number of halogens is 3. The van der Waals surface area contributed by atoms with Gasteiger partial charge in [0.05, 0.1) is 7.11 Å². The summed E-state index contributed by atoms with van der Waals surface area (Å²) in [6.07, 6.45) is 2.09. The lowest BCUT2D eigenvalue weighted by Gasteiger charge is -2.34. The second-order valence-electron chi connectivity index (χ2n) is 7.40. The molecule has 1 amide bonds. The highest BCUT2D eigenvalue weighted by Gasteiger charge is 2.16. The first kappa shape index (κ1) is 28.9. The molecule has 0 aliphatic carbocycles.